The van der Waals surface area contributed by atoms with Gasteiger partial charge in [-0.05, 0) is 18.4 Å². The van der Waals surface area contributed by atoms with E-state index in [4.69, 9.17) is 5.11 Å². The summed E-state index contributed by atoms with van der Waals surface area (Å²) in [6, 6.07) is -1.26. The molecule has 0 aromatic rings. The molecule has 76 valence electrons. The summed E-state index contributed by atoms with van der Waals surface area (Å²) >= 11 is 1.55. The first-order valence-corrected chi connectivity index (χ1v) is 5.21. The average molecular weight is 206 g/mol. The molecule has 0 saturated heterocycles. The van der Waals surface area contributed by atoms with Gasteiger partial charge < -0.3 is 15.7 Å². The monoisotopic (exact) mass is 206 g/mol. The van der Waals surface area contributed by atoms with Crippen LogP contribution in [0.5, 0.6) is 0 Å². The van der Waals surface area contributed by atoms with Gasteiger partial charge in [0.1, 0.15) is 6.04 Å². The van der Waals surface area contributed by atoms with Crippen molar-refractivity contribution in [1.82, 2.24) is 10.6 Å². The standard InChI is InChI=1S/C7H14N2O3S/c1-8-7(12)9-5(6(10)11)3-4-13-2/h5H,3-4H2,1-2H3,(H,10,11)(H2,8,9,12)/t5-/m0/s1. The fraction of sp³-hybridized carbons (Fsp3) is 0.714. The number of thioether (sulfide) groups is 1. The molecule has 2 amide bonds. The van der Waals surface area contributed by atoms with Crippen LogP contribution in [0, 0.1) is 0 Å². The number of carboxylic acid groups (broad SMARTS) is 1. The molecular formula is C7H14N2O3S. The normalized spacial score (nSPS) is 11.8. The molecule has 0 saturated carbocycles. The zero-order chi connectivity index (χ0) is 10.3. The quantitative estimate of drug-likeness (QED) is 0.597. The van der Waals surface area contributed by atoms with E-state index in [2.05, 4.69) is 10.6 Å². The van der Waals surface area contributed by atoms with Crippen LogP contribution >= 0.6 is 11.8 Å². The van der Waals surface area contributed by atoms with Gasteiger partial charge >= 0.3 is 12.0 Å². The van der Waals surface area contributed by atoms with E-state index in [1.807, 2.05) is 6.26 Å². The van der Waals surface area contributed by atoms with E-state index < -0.39 is 18.0 Å². The van der Waals surface area contributed by atoms with Gasteiger partial charge in [-0.25, -0.2) is 9.59 Å². The maximum atomic E-state index is 10.8. The summed E-state index contributed by atoms with van der Waals surface area (Å²) in [6.45, 7) is 0. The molecule has 0 aliphatic heterocycles. The van der Waals surface area contributed by atoms with Crippen molar-refractivity contribution in [3.05, 3.63) is 0 Å². The predicted octanol–water partition coefficient (Wildman–Crippen LogP) is 0.122. The number of carbonyl (C=O) groups excluding carboxylic acids is 1. The van der Waals surface area contributed by atoms with Crippen molar-refractivity contribution >= 4 is 23.8 Å². The lowest BCUT2D eigenvalue weighted by atomic mass is 10.2. The highest BCUT2D eigenvalue weighted by molar-refractivity contribution is 7.98. The lowest BCUT2D eigenvalue weighted by molar-refractivity contribution is -0.139. The highest BCUT2D eigenvalue weighted by Crippen LogP contribution is 2.00. The molecule has 0 aliphatic rings. The summed E-state index contributed by atoms with van der Waals surface area (Å²) in [5, 5.41) is 13.3. The molecule has 0 fully saturated rings. The molecule has 0 unspecified atom stereocenters. The third kappa shape index (κ3) is 5.35. The minimum Gasteiger partial charge on any atom is -0.480 e. The Balaban J connectivity index is 3.94. The van der Waals surface area contributed by atoms with E-state index >= 15 is 0 Å². The van der Waals surface area contributed by atoms with Crippen molar-refractivity contribution in [2.45, 2.75) is 12.5 Å². The Morgan fingerprint density at radius 1 is 1.54 bits per heavy atom. The van der Waals surface area contributed by atoms with Crippen LogP contribution in [-0.2, 0) is 4.79 Å². The molecule has 6 heteroatoms. The van der Waals surface area contributed by atoms with Crippen LogP contribution in [0.2, 0.25) is 0 Å². The van der Waals surface area contributed by atoms with Gasteiger partial charge in [0.15, 0.2) is 0 Å². The van der Waals surface area contributed by atoms with Crippen LogP contribution < -0.4 is 10.6 Å². The van der Waals surface area contributed by atoms with Gasteiger partial charge in [0, 0.05) is 7.05 Å². The molecular weight excluding hydrogens is 192 g/mol. The molecule has 13 heavy (non-hydrogen) atoms. The number of urea groups is 1. The van der Waals surface area contributed by atoms with Gasteiger partial charge in [0.2, 0.25) is 0 Å². The molecule has 0 bridgehead atoms. The molecule has 0 rings (SSSR count). The fourth-order valence-electron chi connectivity index (χ4n) is 0.723. The minimum absolute atomic E-state index is 0.434. The number of amides is 2. The second kappa shape index (κ2) is 6.59. The molecule has 0 spiro atoms. The van der Waals surface area contributed by atoms with Gasteiger partial charge in [-0.2, -0.15) is 11.8 Å². The van der Waals surface area contributed by atoms with E-state index in [-0.39, 0.29) is 0 Å². The van der Waals surface area contributed by atoms with Crippen LogP contribution in [0.25, 0.3) is 0 Å². The maximum Gasteiger partial charge on any atom is 0.326 e. The number of rotatable bonds is 5. The van der Waals surface area contributed by atoms with Crippen LogP contribution in [0.3, 0.4) is 0 Å². The number of hydrogen-bond donors (Lipinski definition) is 3. The van der Waals surface area contributed by atoms with E-state index in [0.717, 1.165) is 0 Å². The number of carbonyl (C=O) groups is 2. The van der Waals surface area contributed by atoms with Crippen molar-refractivity contribution in [3.8, 4) is 0 Å². The van der Waals surface area contributed by atoms with Gasteiger partial charge in [-0.15, -0.1) is 0 Å². The third-order valence-corrected chi connectivity index (χ3v) is 2.09. The summed E-state index contributed by atoms with van der Waals surface area (Å²) in [7, 11) is 1.45. The van der Waals surface area contributed by atoms with Crippen LogP contribution in [0.15, 0.2) is 0 Å². The first-order valence-electron chi connectivity index (χ1n) is 3.81. The molecule has 0 aromatic heterocycles. The molecule has 3 N–H and O–H groups in total. The van der Waals surface area contributed by atoms with Crippen LogP contribution in [0.4, 0.5) is 4.79 Å². The Labute approximate surface area is 81.3 Å². The van der Waals surface area contributed by atoms with E-state index in [0.29, 0.717) is 12.2 Å². The van der Waals surface area contributed by atoms with Crippen LogP contribution in [-0.4, -0.2) is 42.2 Å². The smallest absolute Gasteiger partial charge is 0.326 e. The number of hydrogen-bond acceptors (Lipinski definition) is 3. The van der Waals surface area contributed by atoms with Gasteiger partial charge in [0.25, 0.3) is 0 Å². The van der Waals surface area contributed by atoms with Crippen molar-refractivity contribution < 1.29 is 14.7 Å². The summed E-state index contributed by atoms with van der Waals surface area (Å²) in [5.41, 5.74) is 0. The van der Waals surface area contributed by atoms with Crippen LogP contribution in [0.1, 0.15) is 6.42 Å². The summed E-state index contributed by atoms with van der Waals surface area (Å²) in [5.74, 6) is -0.293. The lowest BCUT2D eigenvalue weighted by Crippen LogP contribution is -2.45. The molecule has 1 atom stereocenters. The molecule has 5 nitrogen and oxygen atoms in total. The fourth-order valence-corrected chi connectivity index (χ4v) is 1.19. The highest BCUT2D eigenvalue weighted by atomic mass is 32.2. The molecule has 0 aliphatic carbocycles. The maximum absolute atomic E-state index is 10.8. The van der Waals surface area contributed by atoms with E-state index in [1.165, 1.54) is 7.05 Å². The topological polar surface area (TPSA) is 78.4 Å². The average Bonchev–Trinajstić information content (AvgIpc) is 2.11. The number of nitrogens with one attached hydrogen (secondary N) is 2. The van der Waals surface area contributed by atoms with Gasteiger partial charge in [-0.3, -0.25) is 0 Å². The first-order chi connectivity index (χ1) is 6.11. The second-order valence-corrected chi connectivity index (χ2v) is 3.38. The summed E-state index contributed by atoms with van der Waals surface area (Å²) in [6.07, 6.45) is 2.32. The minimum atomic E-state index is -1.00. The third-order valence-electron chi connectivity index (χ3n) is 1.44. The molecule has 0 aromatic carbocycles. The first kappa shape index (κ1) is 12.1. The largest absolute Gasteiger partial charge is 0.480 e. The van der Waals surface area contributed by atoms with E-state index in [1.54, 1.807) is 11.8 Å². The zero-order valence-corrected chi connectivity index (χ0v) is 8.48. The zero-order valence-electron chi connectivity index (χ0n) is 7.66. The number of aliphatic carboxylic acids is 1. The highest BCUT2D eigenvalue weighted by Gasteiger charge is 2.18. The Morgan fingerprint density at radius 3 is 2.54 bits per heavy atom. The Morgan fingerprint density at radius 2 is 2.15 bits per heavy atom. The van der Waals surface area contributed by atoms with Crippen molar-refractivity contribution in [1.29, 1.82) is 0 Å². The Bertz CT molecular complexity index is 187. The Kier molecular flexibility index (Phi) is 6.13. The number of carboxylic acids is 1. The van der Waals surface area contributed by atoms with E-state index in [9.17, 15) is 9.59 Å². The lowest BCUT2D eigenvalue weighted by Gasteiger charge is -2.12. The SMILES string of the molecule is CNC(=O)N[C@@H](CCSC)C(=O)O. The predicted molar refractivity (Wildman–Crippen MR) is 52.0 cm³/mol. The summed E-state index contributed by atoms with van der Waals surface area (Å²) in [4.78, 5) is 21.4. The van der Waals surface area contributed by atoms with Crippen molar-refractivity contribution in [2.75, 3.05) is 19.1 Å². The molecule has 0 radical (unpaired) electrons. The van der Waals surface area contributed by atoms with Crippen molar-refractivity contribution in [3.63, 3.8) is 0 Å². The second-order valence-electron chi connectivity index (χ2n) is 2.40. The van der Waals surface area contributed by atoms with Gasteiger partial charge in [-0.1, -0.05) is 0 Å². The van der Waals surface area contributed by atoms with Crippen molar-refractivity contribution in [2.24, 2.45) is 0 Å². The summed E-state index contributed by atoms with van der Waals surface area (Å²) < 4.78 is 0. The van der Waals surface area contributed by atoms with Gasteiger partial charge in [0.05, 0.1) is 0 Å². The Hall–Kier alpha value is -0.910. The molecule has 0 heterocycles.